The second-order valence-corrected chi connectivity index (χ2v) is 11.3. The van der Waals surface area contributed by atoms with Gasteiger partial charge in [0.05, 0.1) is 33.2 Å². The molecule has 42 heavy (non-hydrogen) atoms. The van der Waals surface area contributed by atoms with E-state index in [1.54, 1.807) is 16.3 Å². The molecule has 2 N–H and O–H groups in total. The summed E-state index contributed by atoms with van der Waals surface area (Å²) in [6, 6.07) is 35.0. The lowest BCUT2D eigenvalue weighted by atomic mass is 10.0. The second kappa shape index (κ2) is 13.7. The molecule has 6 rings (SSSR count). The molecule has 2 amide bonds. The molecule has 0 unspecified atom stereocenters. The molecule has 0 aliphatic carbocycles. The van der Waals surface area contributed by atoms with E-state index in [1.807, 2.05) is 53.4 Å². The Balaban J connectivity index is 0.00000353. The van der Waals surface area contributed by atoms with Crippen molar-refractivity contribution in [2.75, 3.05) is 18.0 Å². The van der Waals surface area contributed by atoms with Crippen LogP contribution < -0.4 is 10.6 Å². The molecule has 8 heteroatoms. The van der Waals surface area contributed by atoms with Gasteiger partial charge in [0, 0.05) is 18.5 Å². The number of para-hydroxylation sites is 2. The molecular weight excluding hydrogens is 562 g/mol. The minimum atomic E-state index is -0.114. The molecule has 1 aliphatic heterocycles. The summed E-state index contributed by atoms with van der Waals surface area (Å²) in [6.07, 6.45) is 3.09. The third kappa shape index (κ3) is 6.54. The first-order valence-corrected chi connectivity index (χ1v) is 15.0. The van der Waals surface area contributed by atoms with Gasteiger partial charge in [0.1, 0.15) is 0 Å². The molecule has 1 aromatic heterocycles. The van der Waals surface area contributed by atoms with Crippen molar-refractivity contribution < 1.29 is 4.79 Å². The molecule has 0 atom stereocenters. The summed E-state index contributed by atoms with van der Waals surface area (Å²) in [7, 11) is 0. The molecule has 0 radical (unpaired) electrons. The fraction of sp³-hybridized carbons (Fsp3) is 0.206. The van der Waals surface area contributed by atoms with Crippen LogP contribution in [0.4, 0.5) is 10.5 Å². The molecule has 214 valence electrons. The number of carbonyl (C=O) groups is 1. The number of rotatable bonds is 10. The number of hydrogen-bond acceptors (Lipinski definition) is 5. The molecular formula is C34H34ClN5OS. The highest BCUT2D eigenvalue weighted by molar-refractivity contribution is 7.18. The first kappa shape index (κ1) is 29.5. The number of thiazole rings is 1. The van der Waals surface area contributed by atoms with Gasteiger partial charge in [-0.2, -0.15) is 5.10 Å². The van der Waals surface area contributed by atoms with Crippen molar-refractivity contribution in [2.45, 2.75) is 32.2 Å². The Kier molecular flexibility index (Phi) is 9.64. The Morgan fingerprint density at radius 2 is 1.48 bits per heavy atom. The van der Waals surface area contributed by atoms with Crippen LogP contribution in [-0.2, 0) is 13.0 Å². The molecule has 0 saturated heterocycles. The predicted molar refractivity (Wildman–Crippen MR) is 177 cm³/mol. The van der Waals surface area contributed by atoms with E-state index >= 15 is 0 Å². The van der Waals surface area contributed by atoms with Crippen LogP contribution in [0.25, 0.3) is 21.3 Å². The summed E-state index contributed by atoms with van der Waals surface area (Å²) in [5.74, 6) is 0. The van der Waals surface area contributed by atoms with Gasteiger partial charge in [-0.05, 0) is 60.7 Å². The third-order valence-electron chi connectivity index (χ3n) is 7.34. The molecule has 0 saturated carbocycles. The largest absolute Gasteiger partial charge is 0.345 e. The van der Waals surface area contributed by atoms with Crippen molar-refractivity contribution in [3.63, 3.8) is 0 Å². The maximum absolute atomic E-state index is 14.0. The Labute approximate surface area is 256 Å². The Hall–Kier alpha value is -4.04. The number of aryl methyl sites for hydroxylation is 1. The Morgan fingerprint density at radius 1 is 0.762 bits per heavy atom. The topological polar surface area (TPSA) is 74.8 Å². The van der Waals surface area contributed by atoms with Crippen LogP contribution in [0.5, 0.6) is 0 Å². The number of unbranched alkanes of at least 4 members (excludes halogenated alkanes) is 1. The normalized spacial score (nSPS) is 13.0. The van der Waals surface area contributed by atoms with Crippen LogP contribution in [0.15, 0.2) is 108 Å². The maximum atomic E-state index is 14.0. The lowest BCUT2D eigenvalue weighted by molar-refractivity contribution is 0.206. The summed E-state index contributed by atoms with van der Waals surface area (Å²) < 4.78 is 1.19. The van der Waals surface area contributed by atoms with Crippen LogP contribution in [0, 0.1) is 0 Å². The highest BCUT2D eigenvalue weighted by Crippen LogP contribution is 2.31. The van der Waals surface area contributed by atoms with Crippen molar-refractivity contribution in [3.05, 3.63) is 119 Å². The van der Waals surface area contributed by atoms with Crippen molar-refractivity contribution in [3.8, 4) is 11.1 Å². The van der Waals surface area contributed by atoms with Gasteiger partial charge in [0.2, 0.25) is 0 Å². The number of fused-ring (bicyclic) bond motifs is 2. The zero-order valence-corrected chi connectivity index (χ0v) is 25.0. The summed E-state index contributed by atoms with van der Waals surface area (Å²) >= 11 is 1.72. The van der Waals surface area contributed by atoms with Gasteiger partial charge in [-0.15, -0.1) is 23.7 Å². The minimum absolute atomic E-state index is 0. The lowest BCUT2D eigenvalue weighted by Crippen LogP contribution is -2.40. The van der Waals surface area contributed by atoms with Gasteiger partial charge in [-0.3, -0.25) is 4.90 Å². The number of amides is 2. The second-order valence-electron chi connectivity index (χ2n) is 10.2. The minimum Gasteiger partial charge on any atom is -0.330 e. The molecule has 6 nitrogen and oxygen atoms in total. The van der Waals surface area contributed by atoms with Crippen molar-refractivity contribution in [1.82, 2.24) is 9.99 Å². The Bertz CT molecular complexity index is 1640. The number of carbonyl (C=O) groups excluding carboxylic acids is 1. The predicted octanol–water partition coefficient (Wildman–Crippen LogP) is 7.90. The SMILES string of the molecule is Cl.NCCCCN1N=C(CCc2nc3ccccc3s2)c2ccccc2N(Cc2ccc(-c3ccccc3)cc2)C1=O. The van der Waals surface area contributed by atoms with E-state index in [-0.39, 0.29) is 18.4 Å². The van der Waals surface area contributed by atoms with E-state index in [0.717, 1.165) is 57.9 Å². The van der Waals surface area contributed by atoms with Crippen LogP contribution in [0.3, 0.4) is 0 Å². The van der Waals surface area contributed by atoms with Crippen LogP contribution in [0.2, 0.25) is 0 Å². The summed E-state index contributed by atoms with van der Waals surface area (Å²) in [6.45, 7) is 1.57. The summed E-state index contributed by atoms with van der Waals surface area (Å²) in [5.41, 5.74) is 13.0. The third-order valence-corrected chi connectivity index (χ3v) is 8.43. The van der Waals surface area contributed by atoms with Crippen LogP contribution in [-0.4, -0.2) is 34.8 Å². The van der Waals surface area contributed by atoms with E-state index in [9.17, 15) is 4.79 Å². The smallest absolute Gasteiger partial charge is 0.330 e. The zero-order valence-electron chi connectivity index (χ0n) is 23.4. The summed E-state index contributed by atoms with van der Waals surface area (Å²) in [4.78, 5) is 20.7. The molecule has 2 heterocycles. The number of anilines is 1. The molecule has 5 aromatic rings. The number of urea groups is 1. The number of nitrogens with two attached hydrogens (primary N) is 1. The van der Waals surface area contributed by atoms with Crippen LogP contribution in [0.1, 0.15) is 35.4 Å². The van der Waals surface area contributed by atoms with Crippen LogP contribution >= 0.6 is 23.7 Å². The fourth-order valence-corrected chi connectivity index (χ4v) is 6.16. The van der Waals surface area contributed by atoms with Gasteiger partial charge >= 0.3 is 6.03 Å². The number of halogens is 1. The molecule has 1 aliphatic rings. The van der Waals surface area contributed by atoms with E-state index in [4.69, 9.17) is 15.8 Å². The molecule has 4 aromatic carbocycles. The van der Waals surface area contributed by atoms with Crippen molar-refractivity contribution in [2.24, 2.45) is 10.8 Å². The van der Waals surface area contributed by atoms with E-state index in [1.165, 1.54) is 10.3 Å². The number of aromatic nitrogens is 1. The summed E-state index contributed by atoms with van der Waals surface area (Å²) in [5, 5.41) is 7.70. The molecule has 0 fully saturated rings. The number of hydrogen-bond donors (Lipinski definition) is 1. The van der Waals surface area contributed by atoms with E-state index < -0.39 is 0 Å². The fourth-order valence-electron chi connectivity index (χ4n) is 5.19. The number of nitrogens with zero attached hydrogens (tertiary/aromatic N) is 4. The number of hydrazone groups is 1. The van der Waals surface area contributed by atoms with Crippen molar-refractivity contribution in [1.29, 1.82) is 0 Å². The van der Waals surface area contributed by atoms with E-state index in [2.05, 4.69) is 54.6 Å². The van der Waals surface area contributed by atoms with Crippen molar-refractivity contribution >= 4 is 51.4 Å². The quantitative estimate of drug-likeness (QED) is 0.167. The van der Waals surface area contributed by atoms with Gasteiger partial charge in [0.25, 0.3) is 0 Å². The average Bonchev–Trinajstić information content (AvgIpc) is 3.40. The van der Waals surface area contributed by atoms with Gasteiger partial charge in [0.15, 0.2) is 0 Å². The highest BCUT2D eigenvalue weighted by atomic mass is 35.5. The molecule has 0 spiro atoms. The maximum Gasteiger partial charge on any atom is 0.345 e. The molecule has 0 bridgehead atoms. The van der Waals surface area contributed by atoms with Gasteiger partial charge < -0.3 is 5.73 Å². The standard InChI is InChI=1S/C34H33N5OS.ClH/c35-22-8-9-23-39-34(40)38(24-25-16-18-27(19-17-25)26-10-2-1-3-11-26)31-14-6-4-12-28(31)29(37-39)20-21-33-36-30-13-5-7-15-32(30)41-33;/h1-7,10-19H,8-9,20-24,35H2;1H. The Morgan fingerprint density at radius 3 is 2.26 bits per heavy atom. The number of benzene rings is 4. The monoisotopic (exact) mass is 595 g/mol. The van der Waals surface area contributed by atoms with Gasteiger partial charge in [-0.1, -0.05) is 84.9 Å². The first-order chi connectivity index (χ1) is 20.2. The van der Waals surface area contributed by atoms with Gasteiger partial charge in [-0.25, -0.2) is 14.8 Å². The first-order valence-electron chi connectivity index (χ1n) is 14.1. The average molecular weight is 596 g/mol. The zero-order chi connectivity index (χ0) is 28.0. The lowest BCUT2D eigenvalue weighted by Gasteiger charge is -2.27. The highest BCUT2D eigenvalue weighted by Gasteiger charge is 2.29. The van der Waals surface area contributed by atoms with E-state index in [0.29, 0.717) is 26.1 Å².